The quantitative estimate of drug-likeness (QED) is 0.761. The van der Waals surface area contributed by atoms with Gasteiger partial charge < -0.3 is 9.84 Å². The Bertz CT molecular complexity index is 706. The molecule has 0 fully saturated rings. The highest BCUT2D eigenvalue weighted by Crippen LogP contribution is 2.31. The number of aromatic hydroxyl groups is 1. The lowest BCUT2D eigenvalue weighted by atomic mass is 10.1. The molecule has 0 amide bonds. The number of benzene rings is 2. The van der Waals surface area contributed by atoms with Crippen LogP contribution in [0.3, 0.4) is 0 Å². The van der Waals surface area contributed by atoms with Crippen molar-refractivity contribution in [3.63, 3.8) is 0 Å². The zero-order valence-electron chi connectivity index (χ0n) is 9.75. The van der Waals surface area contributed by atoms with Gasteiger partial charge in [0.25, 0.3) is 0 Å². The molecule has 1 aromatic heterocycles. The Balaban J connectivity index is 2.10. The van der Waals surface area contributed by atoms with Crippen LogP contribution in [0, 0.1) is 0 Å². The Morgan fingerprint density at radius 2 is 1.83 bits per heavy atom. The standard InChI is InChI=1S/C14H11NO2S/c1-17-14-8-13(18-15-14)11-3-2-10-7-12(16)5-4-9(10)6-11/h2-8,16H,1H3. The molecule has 0 aliphatic heterocycles. The van der Waals surface area contributed by atoms with Gasteiger partial charge in [-0.05, 0) is 46.1 Å². The monoisotopic (exact) mass is 257 g/mol. The number of aromatic nitrogens is 1. The van der Waals surface area contributed by atoms with Crippen molar-refractivity contribution < 1.29 is 9.84 Å². The summed E-state index contributed by atoms with van der Waals surface area (Å²) in [5.74, 6) is 0.926. The van der Waals surface area contributed by atoms with E-state index in [0.717, 1.165) is 21.2 Å². The second kappa shape index (κ2) is 4.31. The lowest BCUT2D eigenvalue weighted by Crippen LogP contribution is -1.79. The van der Waals surface area contributed by atoms with Gasteiger partial charge in [0.1, 0.15) is 5.75 Å². The summed E-state index contributed by atoms with van der Waals surface area (Å²) in [6.45, 7) is 0. The topological polar surface area (TPSA) is 42.4 Å². The lowest BCUT2D eigenvalue weighted by Gasteiger charge is -2.01. The lowest BCUT2D eigenvalue weighted by molar-refractivity contribution is 0.403. The van der Waals surface area contributed by atoms with Crippen molar-refractivity contribution in [3.05, 3.63) is 42.5 Å². The van der Waals surface area contributed by atoms with E-state index in [1.165, 1.54) is 11.5 Å². The minimum absolute atomic E-state index is 0.287. The third-order valence-corrected chi connectivity index (χ3v) is 3.63. The number of fused-ring (bicyclic) bond motifs is 1. The summed E-state index contributed by atoms with van der Waals surface area (Å²) in [6.07, 6.45) is 0. The highest BCUT2D eigenvalue weighted by atomic mass is 32.1. The molecule has 0 aliphatic carbocycles. The number of phenols is 1. The molecule has 0 unspecified atom stereocenters. The van der Waals surface area contributed by atoms with E-state index in [2.05, 4.69) is 10.4 Å². The van der Waals surface area contributed by atoms with E-state index in [1.54, 1.807) is 19.2 Å². The minimum atomic E-state index is 0.287. The summed E-state index contributed by atoms with van der Waals surface area (Å²) in [6, 6.07) is 13.4. The normalized spacial score (nSPS) is 10.7. The molecule has 2 aromatic carbocycles. The van der Waals surface area contributed by atoms with Gasteiger partial charge in [-0.2, -0.15) is 4.37 Å². The molecule has 3 rings (SSSR count). The van der Waals surface area contributed by atoms with Gasteiger partial charge in [0.2, 0.25) is 5.88 Å². The van der Waals surface area contributed by atoms with Crippen LogP contribution in [-0.4, -0.2) is 16.6 Å². The number of rotatable bonds is 2. The summed E-state index contributed by atoms with van der Waals surface area (Å²) in [5.41, 5.74) is 1.11. The zero-order chi connectivity index (χ0) is 12.5. The van der Waals surface area contributed by atoms with Crippen LogP contribution >= 0.6 is 11.5 Å². The van der Waals surface area contributed by atoms with E-state index in [4.69, 9.17) is 4.74 Å². The molecule has 0 spiro atoms. The molecule has 4 heteroatoms. The molecule has 1 N–H and O–H groups in total. The van der Waals surface area contributed by atoms with Crippen LogP contribution in [0.5, 0.6) is 11.6 Å². The Labute approximate surface area is 108 Å². The predicted octanol–water partition coefficient (Wildman–Crippen LogP) is 3.68. The van der Waals surface area contributed by atoms with Crippen molar-refractivity contribution >= 4 is 22.3 Å². The van der Waals surface area contributed by atoms with Crippen molar-refractivity contribution in [3.8, 4) is 22.1 Å². The maximum absolute atomic E-state index is 9.43. The van der Waals surface area contributed by atoms with Gasteiger partial charge in [-0.3, -0.25) is 0 Å². The number of methoxy groups -OCH3 is 1. The van der Waals surface area contributed by atoms with Gasteiger partial charge in [0.15, 0.2) is 0 Å². The van der Waals surface area contributed by atoms with E-state index < -0.39 is 0 Å². The molecule has 3 nitrogen and oxygen atoms in total. The average molecular weight is 257 g/mol. The van der Waals surface area contributed by atoms with Gasteiger partial charge in [-0.1, -0.05) is 18.2 Å². The first-order valence-electron chi connectivity index (χ1n) is 5.50. The maximum Gasteiger partial charge on any atom is 0.225 e. The average Bonchev–Trinajstić information content (AvgIpc) is 2.87. The summed E-state index contributed by atoms with van der Waals surface area (Å²) < 4.78 is 9.27. The van der Waals surface area contributed by atoms with Crippen LogP contribution in [0.2, 0.25) is 0 Å². The summed E-state index contributed by atoms with van der Waals surface area (Å²) in [4.78, 5) is 1.07. The molecule has 0 saturated carbocycles. The number of nitrogens with zero attached hydrogens (tertiary/aromatic N) is 1. The Morgan fingerprint density at radius 1 is 1.06 bits per heavy atom. The number of hydrogen-bond acceptors (Lipinski definition) is 4. The Morgan fingerprint density at radius 3 is 2.61 bits per heavy atom. The Hall–Kier alpha value is -2.07. The zero-order valence-corrected chi connectivity index (χ0v) is 10.6. The molecule has 1 heterocycles. The fourth-order valence-electron chi connectivity index (χ4n) is 1.88. The summed E-state index contributed by atoms with van der Waals surface area (Å²) in [7, 11) is 1.61. The van der Waals surface area contributed by atoms with Gasteiger partial charge in [-0.25, -0.2) is 0 Å². The molecule has 0 aliphatic rings. The third-order valence-electron chi connectivity index (χ3n) is 2.81. The smallest absolute Gasteiger partial charge is 0.225 e. The van der Waals surface area contributed by atoms with Crippen LogP contribution in [0.1, 0.15) is 0 Å². The number of hydrogen-bond donors (Lipinski definition) is 1. The highest BCUT2D eigenvalue weighted by Gasteiger charge is 2.05. The van der Waals surface area contributed by atoms with Crippen LogP contribution in [0.15, 0.2) is 42.5 Å². The molecule has 0 bridgehead atoms. The fourth-order valence-corrected chi connectivity index (χ4v) is 2.58. The number of phenolic OH excluding ortho intramolecular Hbond substituents is 1. The van der Waals surface area contributed by atoms with E-state index in [1.807, 2.05) is 24.3 Å². The predicted molar refractivity (Wildman–Crippen MR) is 73.3 cm³/mol. The highest BCUT2D eigenvalue weighted by molar-refractivity contribution is 7.09. The molecule has 3 aromatic rings. The summed E-state index contributed by atoms with van der Waals surface area (Å²) in [5, 5.41) is 11.5. The minimum Gasteiger partial charge on any atom is -0.508 e. The second-order valence-corrected chi connectivity index (χ2v) is 4.78. The van der Waals surface area contributed by atoms with Crippen LogP contribution < -0.4 is 4.74 Å². The van der Waals surface area contributed by atoms with Gasteiger partial charge in [0, 0.05) is 6.07 Å². The molecule has 18 heavy (non-hydrogen) atoms. The van der Waals surface area contributed by atoms with Gasteiger partial charge in [-0.15, -0.1) is 0 Å². The van der Waals surface area contributed by atoms with Crippen LogP contribution in [0.25, 0.3) is 21.2 Å². The second-order valence-electron chi connectivity index (χ2n) is 3.98. The summed E-state index contributed by atoms with van der Waals surface area (Å²) >= 11 is 1.41. The number of ether oxygens (including phenoxy) is 1. The SMILES string of the molecule is COc1cc(-c2ccc3cc(O)ccc3c2)sn1. The maximum atomic E-state index is 9.43. The van der Waals surface area contributed by atoms with Crippen molar-refractivity contribution in [2.45, 2.75) is 0 Å². The van der Waals surface area contributed by atoms with E-state index in [9.17, 15) is 5.11 Å². The molecule has 0 atom stereocenters. The first kappa shape index (κ1) is 11.0. The third kappa shape index (κ3) is 1.91. The largest absolute Gasteiger partial charge is 0.508 e. The van der Waals surface area contributed by atoms with E-state index >= 15 is 0 Å². The van der Waals surface area contributed by atoms with Gasteiger partial charge >= 0.3 is 0 Å². The first-order valence-corrected chi connectivity index (χ1v) is 6.27. The van der Waals surface area contributed by atoms with Crippen molar-refractivity contribution in [1.82, 2.24) is 4.37 Å². The van der Waals surface area contributed by atoms with Crippen molar-refractivity contribution in [2.24, 2.45) is 0 Å². The van der Waals surface area contributed by atoms with E-state index in [-0.39, 0.29) is 5.75 Å². The molecule has 0 saturated heterocycles. The van der Waals surface area contributed by atoms with E-state index in [0.29, 0.717) is 5.88 Å². The molecular weight excluding hydrogens is 246 g/mol. The first-order chi connectivity index (χ1) is 8.76. The van der Waals surface area contributed by atoms with Gasteiger partial charge in [0.05, 0.1) is 12.0 Å². The van der Waals surface area contributed by atoms with Crippen LogP contribution in [0.4, 0.5) is 0 Å². The Kier molecular flexibility index (Phi) is 2.64. The molecular formula is C14H11NO2S. The molecule has 90 valence electrons. The van der Waals surface area contributed by atoms with Crippen LogP contribution in [-0.2, 0) is 0 Å². The fraction of sp³-hybridized carbons (Fsp3) is 0.0714. The molecule has 0 radical (unpaired) electrons. The van der Waals surface area contributed by atoms with Crippen molar-refractivity contribution in [1.29, 1.82) is 0 Å². The van der Waals surface area contributed by atoms with Crippen molar-refractivity contribution in [2.75, 3.05) is 7.11 Å².